The molecular weight excluding hydrogens is 483 g/mol. The first-order valence-electron chi connectivity index (χ1n) is 8.39. The molecule has 6 N–H and O–H groups in total. The first-order valence-corrected chi connectivity index (χ1v) is 8.39. The Balaban J connectivity index is -0.0000000792. The van der Waals surface area contributed by atoms with E-state index in [1.165, 1.54) is 20.8 Å². The fraction of sp³-hybridized carbons (Fsp3) is 0.800. The van der Waals surface area contributed by atoms with Gasteiger partial charge in [-0.25, -0.2) is 14.7 Å². The summed E-state index contributed by atoms with van der Waals surface area (Å²) >= 11 is 0. The summed E-state index contributed by atoms with van der Waals surface area (Å²) in [5.74, 6) is -3.95. The topological polar surface area (TPSA) is 251 Å². The smallest absolute Gasteiger partial charge is 0.548 e. The second kappa shape index (κ2) is 29.3. The van der Waals surface area contributed by atoms with Gasteiger partial charge in [-0.3, -0.25) is 0 Å². The molecule has 0 fully saturated rings. The Bertz CT molecular complexity index is 418. The number of aliphatic hydroxyl groups excluding tert-OH is 6. The Morgan fingerprint density at radius 1 is 0.515 bits per heavy atom. The van der Waals surface area contributed by atoms with Crippen LogP contribution in [-0.4, -0.2) is 122 Å². The summed E-state index contributed by atoms with van der Waals surface area (Å²) in [6.07, 6.45) is 0. The van der Waals surface area contributed by atoms with E-state index in [9.17, 15) is 29.7 Å². The van der Waals surface area contributed by atoms with Gasteiger partial charge in [-0.15, -0.1) is 0 Å². The van der Waals surface area contributed by atoms with Gasteiger partial charge in [-0.1, -0.05) is 0 Å². The van der Waals surface area contributed by atoms with Crippen molar-refractivity contribution in [2.24, 2.45) is 0 Å². The molecule has 0 rings (SSSR count). The predicted molar refractivity (Wildman–Crippen MR) is 91.4 cm³/mol. The third-order valence-corrected chi connectivity index (χ3v) is 3.76. The van der Waals surface area contributed by atoms with Gasteiger partial charge in [0.2, 0.25) is 0 Å². The molecule has 0 spiro atoms. The summed E-state index contributed by atoms with van der Waals surface area (Å²) in [4.78, 5) is 33.1. The number of carboxylic acids is 3. The molecule has 0 aliphatic heterocycles. The van der Waals surface area contributed by atoms with Crippen LogP contribution in [-0.2, 0) is 14.4 Å². The van der Waals surface area contributed by atoms with Gasteiger partial charge in [0.15, 0.2) is 0 Å². The Morgan fingerprint density at radius 3 is 0.667 bits per heavy atom. The van der Waals surface area contributed by atoms with Crippen LogP contribution in [0.3, 0.4) is 0 Å². The third kappa shape index (κ3) is 23.2. The number of rotatable bonds is 12. The van der Waals surface area contributed by atoms with Crippen LogP contribution in [0.1, 0.15) is 20.8 Å². The van der Waals surface area contributed by atoms with Crippen LogP contribution in [0.15, 0.2) is 0 Å². The summed E-state index contributed by atoms with van der Waals surface area (Å²) < 4.78 is 0. The molecule has 0 aromatic rings. The van der Waals surface area contributed by atoms with Gasteiger partial charge in [0.05, 0.1) is 76.4 Å². The van der Waals surface area contributed by atoms with Crippen LogP contribution in [0.25, 0.3) is 0 Å². The average Bonchev–Trinajstić information content (AvgIpc) is 2.71. The molecule has 0 aliphatic rings. The standard InChI is InChI=1S/3C5H11NO4.3Na/c3*1-4(5(9)10)6(2-7)3-8;;;/h3*4,7-8H,2-3H2,1H3,(H,9,10);;;/q;;;3*+1/p-3. The van der Waals surface area contributed by atoms with E-state index >= 15 is 0 Å². The van der Waals surface area contributed by atoms with Gasteiger partial charge < -0.3 is 60.3 Å². The molecule has 0 saturated carbocycles. The number of hydrogen-bond donors (Lipinski definition) is 6. The van der Waals surface area contributed by atoms with Gasteiger partial charge in [0.1, 0.15) is 0 Å². The van der Waals surface area contributed by atoms with Crippen LogP contribution < -0.4 is 104 Å². The minimum absolute atomic E-state index is 0. The Labute approximate surface area is 258 Å². The van der Waals surface area contributed by atoms with Crippen LogP contribution in [0, 0.1) is 0 Å². The van der Waals surface area contributed by atoms with Crippen molar-refractivity contribution in [1.82, 2.24) is 14.7 Å². The number of aliphatic hydroxyl groups is 6. The largest absolute Gasteiger partial charge is 1.00 e. The molecule has 0 aromatic carbocycles. The first kappa shape index (κ1) is 47.3. The van der Waals surface area contributed by atoms with Crippen LogP contribution in [0.2, 0.25) is 0 Å². The summed E-state index contributed by atoms with van der Waals surface area (Å²) in [6, 6.07) is -2.89. The van der Waals surface area contributed by atoms with E-state index in [0.29, 0.717) is 0 Å². The van der Waals surface area contributed by atoms with E-state index < -0.39 is 76.4 Å². The number of nitrogens with zero attached hydrogens (tertiary/aromatic N) is 3. The summed E-state index contributed by atoms with van der Waals surface area (Å²) in [6.45, 7) is 0.997. The van der Waals surface area contributed by atoms with Gasteiger partial charge in [0.25, 0.3) is 0 Å². The van der Waals surface area contributed by atoms with E-state index in [-0.39, 0.29) is 88.7 Å². The van der Waals surface area contributed by atoms with Crippen molar-refractivity contribution in [3.05, 3.63) is 0 Å². The molecule has 15 nitrogen and oxygen atoms in total. The summed E-state index contributed by atoms with van der Waals surface area (Å²) in [7, 11) is 0. The Hall–Kier alpha value is 1.05. The second-order valence-electron chi connectivity index (χ2n) is 5.60. The molecule has 180 valence electrons. The zero-order valence-electron chi connectivity index (χ0n) is 19.9. The monoisotopic (exact) mass is 513 g/mol. The van der Waals surface area contributed by atoms with Gasteiger partial charge in [0, 0.05) is 0 Å². The normalized spacial score (nSPS) is 12.4. The van der Waals surface area contributed by atoms with Crippen LogP contribution in [0.4, 0.5) is 0 Å². The van der Waals surface area contributed by atoms with Crippen molar-refractivity contribution in [2.45, 2.75) is 38.9 Å². The molecule has 0 amide bonds. The van der Waals surface area contributed by atoms with Crippen molar-refractivity contribution < 1.29 is 149 Å². The van der Waals surface area contributed by atoms with E-state index in [4.69, 9.17) is 30.6 Å². The fourth-order valence-corrected chi connectivity index (χ4v) is 1.32. The zero-order valence-corrected chi connectivity index (χ0v) is 25.9. The maximum atomic E-state index is 10.1. The van der Waals surface area contributed by atoms with Crippen molar-refractivity contribution >= 4 is 17.9 Å². The molecule has 18 heteroatoms. The van der Waals surface area contributed by atoms with Crippen molar-refractivity contribution in [1.29, 1.82) is 0 Å². The van der Waals surface area contributed by atoms with Crippen LogP contribution in [0.5, 0.6) is 0 Å². The van der Waals surface area contributed by atoms with E-state index in [2.05, 4.69) is 0 Å². The fourth-order valence-electron chi connectivity index (χ4n) is 1.32. The summed E-state index contributed by atoms with van der Waals surface area (Å²) in [5.41, 5.74) is 0. The molecule has 0 heterocycles. The predicted octanol–water partition coefficient (Wildman–Crippen LogP) is -17.0. The second-order valence-corrected chi connectivity index (χ2v) is 5.60. The van der Waals surface area contributed by atoms with E-state index in [0.717, 1.165) is 14.7 Å². The van der Waals surface area contributed by atoms with E-state index in [1.54, 1.807) is 0 Å². The van der Waals surface area contributed by atoms with Gasteiger partial charge in [-0.05, 0) is 20.8 Å². The van der Waals surface area contributed by atoms with E-state index in [1.807, 2.05) is 0 Å². The Morgan fingerprint density at radius 2 is 0.636 bits per heavy atom. The van der Waals surface area contributed by atoms with Crippen molar-refractivity contribution in [3.8, 4) is 0 Å². The van der Waals surface area contributed by atoms with Crippen molar-refractivity contribution in [3.63, 3.8) is 0 Å². The molecule has 0 bridgehead atoms. The summed E-state index contributed by atoms with van der Waals surface area (Å²) in [5, 5.41) is 80.8. The van der Waals surface area contributed by atoms with Crippen molar-refractivity contribution in [2.75, 3.05) is 40.4 Å². The number of carbonyl (C=O) groups is 3. The third-order valence-electron chi connectivity index (χ3n) is 3.76. The molecule has 0 saturated heterocycles. The SMILES string of the molecule is CC(C(=O)[O-])N(CO)CO.CC(C(=O)[O-])N(CO)CO.CC(C(=O)[O-])N(CO)CO.[Na+].[Na+].[Na+]. The number of aliphatic carboxylic acids is 3. The molecule has 3 unspecified atom stereocenters. The zero-order chi connectivity index (χ0) is 24.4. The number of carboxylic acid groups (broad SMARTS) is 3. The number of carbonyl (C=O) groups excluding carboxylic acids is 3. The maximum absolute atomic E-state index is 10.1. The molecule has 33 heavy (non-hydrogen) atoms. The molecule has 0 aromatic heterocycles. The quantitative estimate of drug-likeness (QED) is 0.105. The Kier molecular flexibility index (Phi) is 41.9. The minimum atomic E-state index is -1.32. The molecule has 3 atom stereocenters. The van der Waals surface area contributed by atoms with Crippen LogP contribution >= 0.6 is 0 Å². The minimum Gasteiger partial charge on any atom is -0.548 e. The average molecular weight is 513 g/mol. The first-order chi connectivity index (χ1) is 13.9. The molecular formula is C15H30N3Na3O12. The molecule has 0 aliphatic carbocycles. The van der Waals surface area contributed by atoms with Gasteiger partial charge >= 0.3 is 88.7 Å². The number of hydrogen-bond acceptors (Lipinski definition) is 15. The molecule has 0 radical (unpaired) electrons. The van der Waals surface area contributed by atoms with Gasteiger partial charge in [-0.2, -0.15) is 0 Å². The maximum Gasteiger partial charge on any atom is 1.00 e.